The highest BCUT2D eigenvalue weighted by molar-refractivity contribution is 4.94. The van der Waals surface area contributed by atoms with E-state index in [9.17, 15) is 5.11 Å². The summed E-state index contributed by atoms with van der Waals surface area (Å²) in [5.74, 6) is 0.574. The molecule has 0 saturated heterocycles. The predicted octanol–water partition coefficient (Wildman–Crippen LogP) is 0.757. The molecular formula is C8H17NO. The Bertz CT molecular complexity index is 112. The normalized spacial score (nSPS) is 24.3. The molecule has 1 saturated carbocycles. The van der Waals surface area contributed by atoms with Gasteiger partial charge in [-0.05, 0) is 32.2 Å². The third-order valence-corrected chi connectivity index (χ3v) is 2.43. The second-order valence-electron chi connectivity index (χ2n) is 3.26. The molecule has 0 aliphatic heterocycles. The number of hydrogen-bond donors (Lipinski definition) is 2. The molecule has 0 amide bonds. The second-order valence-corrected chi connectivity index (χ2v) is 3.26. The summed E-state index contributed by atoms with van der Waals surface area (Å²) in [6.45, 7) is 2.80. The zero-order valence-electron chi connectivity index (χ0n) is 6.85. The molecule has 0 aromatic carbocycles. The van der Waals surface area contributed by atoms with Crippen molar-refractivity contribution in [3.8, 4) is 0 Å². The SMILES string of the molecule is CCC(O)(CNC)C1CC1. The van der Waals surface area contributed by atoms with Gasteiger partial charge in [0.1, 0.15) is 0 Å². The third kappa shape index (κ3) is 1.50. The van der Waals surface area contributed by atoms with Gasteiger partial charge in [0.2, 0.25) is 0 Å². The summed E-state index contributed by atoms with van der Waals surface area (Å²) in [5, 5.41) is 12.9. The molecule has 0 radical (unpaired) electrons. The molecule has 10 heavy (non-hydrogen) atoms. The first-order valence-electron chi connectivity index (χ1n) is 4.10. The van der Waals surface area contributed by atoms with Gasteiger partial charge < -0.3 is 10.4 Å². The van der Waals surface area contributed by atoms with Crippen LogP contribution in [0.5, 0.6) is 0 Å². The van der Waals surface area contributed by atoms with Gasteiger partial charge in [-0.25, -0.2) is 0 Å². The molecule has 1 unspecified atom stereocenters. The van der Waals surface area contributed by atoms with Crippen LogP contribution in [0.15, 0.2) is 0 Å². The van der Waals surface area contributed by atoms with Gasteiger partial charge in [0.25, 0.3) is 0 Å². The molecule has 1 atom stereocenters. The van der Waals surface area contributed by atoms with E-state index in [0.717, 1.165) is 13.0 Å². The van der Waals surface area contributed by atoms with Crippen LogP contribution in [0.25, 0.3) is 0 Å². The van der Waals surface area contributed by atoms with Crippen LogP contribution in [-0.4, -0.2) is 24.3 Å². The van der Waals surface area contributed by atoms with Gasteiger partial charge in [-0.3, -0.25) is 0 Å². The Hall–Kier alpha value is -0.0800. The molecule has 2 nitrogen and oxygen atoms in total. The van der Waals surface area contributed by atoms with Crippen LogP contribution in [0, 0.1) is 5.92 Å². The highest BCUT2D eigenvalue weighted by Gasteiger charge is 2.41. The topological polar surface area (TPSA) is 32.3 Å². The van der Waals surface area contributed by atoms with Crippen molar-refractivity contribution in [1.29, 1.82) is 0 Å². The van der Waals surface area contributed by atoms with Crippen LogP contribution in [-0.2, 0) is 0 Å². The number of rotatable bonds is 4. The summed E-state index contributed by atoms with van der Waals surface area (Å²) in [4.78, 5) is 0. The molecule has 60 valence electrons. The van der Waals surface area contributed by atoms with Crippen molar-refractivity contribution in [2.45, 2.75) is 31.8 Å². The lowest BCUT2D eigenvalue weighted by atomic mass is 9.95. The third-order valence-electron chi connectivity index (χ3n) is 2.43. The van der Waals surface area contributed by atoms with Crippen LogP contribution in [0.3, 0.4) is 0 Å². The Morgan fingerprint density at radius 1 is 1.60 bits per heavy atom. The van der Waals surface area contributed by atoms with E-state index in [0.29, 0.717) is 5.92 Å². The maximum Gasteiger partial charge on any atom is 0.0796 e. The van der Waals surface area contributed by atoms with E-state index in [1.54, 1.807) is 0 Å². The maximum absolute atomic E-state index is 9.90. The van der Waals surface area contributed by atoms with E-state index < -0.39 is 5.60 Å². The summed E-state index contributed by atoms with van der Waals surface area (Å²) < 4.78 is 0. The van der Waals surface area contributed by atoms with Crippen molar-refractivity contribution in [1.82, 2.24) is 5.32 Å². The maximum atomic E-state index is 9.90. The zero-order chi connectivity index (χ0) is 7.61. The lowest BCUT2D eigenvalue weighted by Gasteiger charge is -2.26. The minimum Gasteiger partial charge on any atom is -0.388 e. The quantitative estimate of drug-likeness (QED) is 0.609. The fourth-order valence-electron chi connectivity index (χ4n) is 1.48. The Labute approximate surface area is 62.6 Å². The Morgan fingerprint density at radius 3 is 2.50 bits per heavy atom. The largest absolute Gasteiger partial charge is 0.388 e. The van der Waals surface area contributed by atoms with E-state index in [4.69, 9.17) is 0 Å². The monoisotopic (exact) mass is 143 g/mol. The molecule has 1 fully saturated rings. The van der Waals surface area contributed by atoms with Gasteiger partial charge in [0.05, 0.1) is 5.60 Å². The van der Waals surface area contributed by atoms with Crippen molar-refractivity contribution in [2.75, 3.05) is 13.6 Å². The van der Waals surface area contributed by atoms with Gasteiger partial charge in [-0.1, -0.05) is 6.92 Å². The molecule has 2 N–H and O–H groups in total. The number of aliphatic hydroxyl groups is 1. The summed E-state index contributed by atoms with van der Waals surface area (Å²) in [7, 11) is 1.89. The van der Waals surface area contributed by atoms with Gasteiger partial charge in [-0.15, -0.1) is 0 Å². The minimum absolute atomic E-state index is 0.408. The Balaban J connectivity index is 2.39. The van der Waals surface area contributed by atoms with Crippen molar-refractivity contribution >= 4 is 0 Å². The number of nitrogens with one attached hydrogen (secondary N) is 1. The fraction of sp³-hybridized carbons (Fsp3) is 1.00. The Morgan fingerprint density at radius 2 is 2.20 bits per heavy atom. The van der Waals surface area contributed by atoms with Gasteiger partial charge in [-0.2, -0.15) is 0 Å². The molecular weight excluding hydrogens is 126 g/mol. The van der Waals surface area contributed by atoms with Gasteiger partial charge >= 0.3 is 0 Å². The minimum atomic E-state index is -0.408. The predicted molar refractivity (Wildman–Crippen MR) is 41.9 cm³/mol. The van der Waals surface area contributed by atoms with E-state index in [1.165, 1.54) is 12.8 Å². The molecule has 0 aromatic rings. The van der Waals surface area contributed by atoms with Crippen molar-refractivity contribution in [3.63, 3.8) is 0 Å². The van der Waals surface area contributed by atoms with E-state index in [1.807, 2.05) is 7.05 Å². The summed E-state index contributed by atoms with van der Waals surface area (Å²) in [6, 6.07) is 0. The zero-order valence-corrected chi connectivity index (χ0v) is 6.85. The van der Waals surface area contributed by atoms with E-state index >= 15 is 0 Å². The Kier molecular flexibility index (Phi) is 2.32. The summed E-state index contributed by atoms with van der Waals surface area (Å²) in [5.41, 5.74) is -0.408. The van der Waals surface area contributed by atoms with Crippen molar-refractivity contribution in [3.05, 3.63) is 0 Å². The highest BCUT2D eigenvalue weighted by atomic mass is 16.3. The fourth-order valence-corrected chi connectivity index (χ4v) is 1.48. The van der Waals surface area contributed by atoms with Crippen molar-refractivity contribution < 1.29 is 5.11 Å². The van der Waals surface area contributed by atoms with Crippen LogP contribution >= 0.6 is 0 Å². The standard InChI is InChI=1S/C8H17NO/c1-3-8(10,6-9-2)7-4-5-7/h7,9-10H,3-6H2,1-2H3. The molecule has 2 heteroatoms. The smallest absolute Gasteiger partial charge is 0.0796 e. The van der Waals surface area contributed by atoms with Crippen LogP contribution in [0.4, 0.5) is 0 Å². The van der Waals surface area contributed by atoms with Crippen LogP contribution in [0.2, 0.25) is 0 Å². The molecule has 1 rings (SSSR count). The molecule has 1 aliphatic carbocycles. The number of hydrogen-bond acceptors (Lipinski definition) is 2. The average Bonchev–Trinajstić information content (AvgIpc) is 2.69. The summed E-state index contributed by atoms with van der Waals surface area (Å²) >= 11 is 0. The first kappa shape index (κ1) is 8.02. The van der Waals surface area contributed by atoms with E-state index in [2.05, 4.69) is 12.2 Å². The molecule has 0 bridgehead atoms. The van der Waals surface area contributed by atoms with Crippen LogP contribution < -0.4 is 5.32 Å². The summed E-state index contributed by atoms with van der Waals surface area (Å²) in [6.07, 6.45) is 3.30. The van der Waals surface area contributed by atoms with Gasteiger partial charge in [0, 0.05) is 6.54 Å². The first-order chi connectivity index (χ1) is 4.73. The van der Waals surface area contributed by atoms with Crippen LogP contribution in [0.1, 0.15) is 26.2 Å². The molecule has 0 aromatic heterocycles. The van der Waals surface area contributed by atoms with Gasteiger partial charge in [0.15, 0.2) is 0 Å². The van der Waals surface area contributed by atoms with E-state index in [-0.39, 0.29) is 0 Å². The lowest BCUT2D eigenvalue weighted by Crippen LogP contribution is -2.40. The first-order valence-corrected chi connectivity index (χ1v) is 4.10. The molecule has 0 heterocycles. The lowest BCUT2D eigenvalue weighted by molar-refractivity contribution is 0.0160. The second kappa shape index (κ2) is 2.89. The molecule has 0 spiro atoms. The van der Waals surface area contributed by atoms with Crippen molar-refractivity contribution in [2.24, 2.45) is 5.92 Å². The average molecular weight is 143 g/mol. The number of likely N-dealkylation sites (N-methyl/N-ethyl adjacent to an activating group) is 1. The highest BCUT2D eigenvalue weighted by Crippen LogP contribution is 2.40. The molecule has 1 aliphatic rings.